The normalized spacial score (nSPS) is 17.1. The fourth-order valence-electron chi connectivity index (χ4n) is 3.27. The molecule has 0 saturated heterocycles. The van der Waals surface area contributed by atoms with Crippen LogP contribution >= 0.6 is 11.3 Å². The molecule has 2 aromatic rings. The molecule has 23 heavy (non-hydrogen) atoms. The van der Waals surface area contributed by atoms with Crippen LogP contribution in [0.2, 0.25) is 0 Å². The lowest BCUT2D eigenvalue weighted by atomic mass is 9.89. The molecule has 0 saturated carbocycles. The number of amides is 1. The Labute approximate surface area is 141 Å². The molecular formula is C17H24N4OS. The third-order valence-electron chi connectivity index (χ3n) is 4.55. The van der Waals surface area contributed by atoms with Crippen LogP contribution in [0.4, 0.5) is 0 Å². The van der Waals surface area contributed by atoms with Gasteiger partial charge in [-0.3, -0.25) is 4.79 Å². The molecule has 0 bridgehead atoms. The Hall–Kier alpha value is -1.69. The van der Waals surface area contributed by atoms with Gasteiger partial charge in [0.05, 0.1) is 28.6 Å². The van der Waals surface area contributed by atoms with Crippen LogP contribution in [-0.2, 0) is 31.1 Å². The van der Waals surface area contributed by atoms with Gasteiger partial charge in [0.2, 0.25) is 5.91 Å². The van der Waals surface area contributed by atoms with Gasteiger partial charge in [0.1, 0.15) is 0 Å². The summed E-state index contributed by atoms with van der Waals surface area (Å²) in [6, 6.07) is 0. The second-order valence-corrected chi connectivity index (χ2v) is 7.43. The standard InChI is InChI=1S/C17H24N4OS/c1-4-13-11(2)23-15(20-13)8-9-18-17(22)12-6-5-7-14-16(12)19-10-21(14)3/h10,12H,4-9H2,1-3H3,(H,18,22). The van der Waals surface area contributed by atoms with Gasteiger partial charge in [-0.25, -0.2) is 9.97 Å². The van der Waals surface area contributed by atoms with Gasteiger partial charge >= 0.3 is 0 Å². The second-order valence-electron chi connectivity index (χ2n) is 6.14. The van der Waals surface area contributed by atoms with E-state index in [-0.39, 0.29) is 11.8 Å². The minimum atomic E-state index is -0.0933. The molecule has 2 heterocycles. The summed E-state index contributed by atoms with van der Waals surface area (Å²) >= 11 is 1.74. The van der Waals surface area contributed by atoms with E-state index >= 15 is 0 Å². The summed E-state index contributed by atoms with van der Waals surface area (Å²) in [6.45, 7) is 4.89. The average Bonchev–Trinajstić information content (AvgIpc) is 3.10. The van der Waals surface area contributed by atoms with E-state index in [0.717, 1.165) is 42.8 Å². The topological polar surface area (TPSA) is 59.8 Å². The number of aryl methyl sites for hydroxylation is 3. The van der Waals surface area contributed by atoms with Gasteiger partial charge in [-0.05, 0) is 32.6 Å². The maximum absolute atomic E-state index is 12.5. The lowest BCUT2D eigenvalue weighted by molar-refractivity contribution is -0.122. The summed E-state index contributed by atoms with van der Waals surface area (Å²) in [6.07, 6.45) is 6.56. The van der Waals surface area contributed by atoms with E-state index in [1.807, 2.05) is 17.9 Å². The summed E-state index contributed by atoms with van der Waals surface area (Å²) in [7, 11) is 2.00. The van der Waals surface area contributed by atoms with E-state index in [4.69, 9.17) is 0 Å². The zero-order chi connectivity index (χ0) is 16.4. The molecule has 2 aromatic heterocycles. The van der Waals surface area contributed by atoms with Crippen LogP contribution in [0.1, 0.15) is 52.6 Å². The van der Waals surface area contributed by atoms with Crippen molar-refractivity contribution in [1.82, 2.24) is 19.9 Å². The van der Waals surface area contributed by atoms with Gasteiger partial charge in [-0.15, -0.1) is 11.3 Å². The highest BCUT2D eigenvalue weighted by molar-refractivity contribution is 7.11. The van der Waals surface area contributed by atoms with Crippen LogP contribution in [0.3, 0.4) is 0 Å². The van der Waals surface area contributed by atoms with E-state index in [2.05, 4.69) is 29.1 Å². The largest absolute Gasteiger partial charge is 0.355 e. The predicted molar refractivity (Wildman–Crippen MR) is 91.8 cm³/mol. The number of fused-ring (bicyclic) bond motifs is 1. The molecule has 1 atom stereocenters. The molecule has 1 aliphatic rings. The summed E-state index contributed by atoms with van der Waals surface area (Å²) in [4.78, 5) is 22.9. The monoisotopic (exact) mass is 332 g/mol. The Kier molecular flexibility index (Phi) is 4.80. The van der Waals surface area contributed by atoms with Crippen LogP contribution in [0.25, 0.3) is 0 Å². The smallest absolute Gasteiger partial charge is 0.229 e. The van der Waals surface area contributed by atoms with E-state index in [0.29, 0.717) is 6.54 Å². The average molecular weight is 332 g/mol. The maximum Gasteiger partial charge on any atom is 0.229 e. The van der Waals surface area contributed by atoms with Crippen LogP contribution in [0.15, 0.2) is 6.33 Å². The maximum atomic E-state index is 12.5. The first-order chi connectivity index (χ1) is 11.1. The molecule has 1 amide bonds. The van der Waals surface area contributed by atoms with Crippen molar-refractivity contribution < 1.29 is 4.79 Å². The molecule has 3 rings (SSSR count). The SMILES string of the molecule is CCc1nc(CCNC(=O)C2CCCc3c2ncn3C)sc1C. The highest BCUT2D eigenvalue weighted by Crippen LogP contribution is 2.30. The van der Waals surface area contributed by atoms with Gasteiger partial charge in [0.15, 0.2) is 0 Å². The molecule has 0 aromatic carbocycles. The first kappa shape index (κ1) is 16.2. The molecule has 1 N–H and O–H groups in total. The van der Waals surface area contributed by atoms with Gasteiger partial charge < -0.3 is 9.88 Å². The van der Waals surface area contributed by atoms with Crippen molar-refractivity contribution >= 4 is 17.2 Å². The molecule has 0 radical (unpaired) electrons. The number of hydrogen-bond donors (Lipinski definition) is 1. The quantitative estimate of drug-likeness (QED) is 0.915. The Balaban J connectivity index is 1.57. The van der Waals surface area contributed by atoms with E-state index in [1.54, 1.807) is 11.3 Å². The summed E-state index contributed by atoms with van der Waals surface area (Å²) in [5.41, 5.74) is 3.36. The number of hydrogen-bond acceptors (Lipinski definition) is 4. The van der Waals surface area contributed by atoms with Crippen LogP contribution in [0, 0.1) is 6.92 Å². The number of thiazole rings is 1. The Bertz CT molecular complexity index is 704. The first-order valence-corrected chi connectivity index (χ1v) is 9.14. The number of nitrogens with one attached hydrogen (secondary N) is 1. The molecule has 1 unspecified atom stereocenters. The number of rotatable bonds is 5. The zero-order valence-corrected chi connectivity index (χ0v) is 14.9. The zero-order valence-electron chi connectivity index (χ0n) is 14.1. The van der Waals surface area contributed by atoms with E-state index < -0.39 is 0 Å². The van der Waals surface area contributed by atoms with Gasteiger partial charge in [-0.1, -0.05) is 6.92 Å². The molecule has 5 nitrogen and oxygen atoms in total. The van der Waals surface area contributed by atoms with Crippen molar-refractivity contribution in [3.8, 4) is 0 Å². The van der Waals surface area contributed by atoms with Crippen molar-refractivity contribution in [1.29, 1.82) is 0 Å². The van der Waals surface area contributed by atoms with Crippen molar-refractivity contribution in [2.75, 3.05) is 6.54 Å². The predicted octanol–water partition coefficient (Wildman–Crippen LogP) is 2.53. The van der Waals surface area contributed by atoms with Crippen molar-refractivity contribution in [2.45, 2.75) is 51.9 Å². The fraction of sp³-hybridized carbons (Fsp3) is 0.588. The molecule has 0 fully saturated rings. The highest BCUT2D eigenvalue weighted by atomic mass is 32.1. The van der Waals surface area contributed by atoms with Gasteiger partial charge in [0.25, 0.3) is 0 Å². The van der Waals surface area contributed by atoms with Gasteiger partial charge in [0, 0.05) is 30.6 Å². The first-order valence-electron chi connectivity index (χ1n) is 8.33. The lowest BCUT2D eigenvalue weighted by Gasteiger charge is -2.21. The molecular weight excluding hydrogens is 308 g/mol. The van der Waals surface area contributed by atoms with Crippen LogP contribution in [0.5, 0.6) is 0 Å². The van der Waals surface area contributed by atoms with E-state index in [1.165, 1.54) is 16.3 Å². The summed E-state index contributed by atoms with van der Waals surface area (Å²) in [5.74, 6) is 0.0119. The van der Waals surface area contributed by atoms with E-state index in [9.17, 15) is 4.79 Å². The fourth-order valence-corrected chi connectivity index (χ4v) is 4.29. The van der Waals surface area contributed by atoms with Crippen molar-refractivity contribution in [3.63, 3.8) is 0 Å². The third kappa shape index (κ3) is 3.32. The molecule has 1 aliphatic carbocycles. The third-order valence-corrected chi connectivity index (χ3v) is 5.63. The molecule has 0 aliphatic heterocycles. The minimum Gasteiger partial charge on any atom is -0.355 e. The molecule has 0 spiro atoms. The Morgan fingerprint density at radius 1 is 1.52 bits per heavy atom. The summed E-state index contributed by atoms with van der Waals surface area (Å²) in [5, 5.41) is 4.19. The van der Waals surface area contributed by atoms with Crippen LogP contribution in [-0.4, -0.2) is 27.0 Å². The Morgan fingerprint density at radius 2 is 2.35 bits per heavy atom. The van der Waals surface area contributed by atoms with Crippen molar-refractivity contribution in [2.24, 2.45) is 7.05 Å². The lowest BCUT2D eigenvalue weighted by Crippen LogP contribution is -2.33. The summed E-state index contributed by atoms with van der Waals surface area (Å²) < 4.78 is 2.04. The second kappa shape index (κ2) is 6.83. The van der Waals surface area contributed by atoms with Crippen LogP contribution < -0.4 is 5.32 Å². The Morgan fingerprint density at radius 3 is 3.09 bits per heavy atom. The minimum absolute atomic E-state index is 0.0933. The van der Waals surface area contributed by atoms with Gasteiger partial charge in [-0.2, -0.15) is 0 Å². The molecule has 124 valence electrons. The number of nitrogens with zero attached hydrogens (tertiary/aromatic N) is 3. The number of imidazole rings is 1. The highest BCUT2D eigenvalue weighted by Gasteiger charge is 2.29. The molecule has 6 heteroatoms. The number of carbonyl (C=O) groups excluding carboxylic acids is 1. The van der Waals surface area contributed by atoms with Crippen molar-refractivity contribution in [3.05, 3.63) is 33.3 Å². The number of aromatic nitrogens is 3. The number of carbonyl (C=O) groups is 1.